The van der Waals surface area contributed by atoms with E-state index in [2.05, 4.69) is 33.7 Å². The highest BCUT2D eigenvalue weighted by Gasteiger charge is 2.13. The van der Waals surface area contributed by atoms with Gasteiger partial charge in [0.25, 0.3) is 5.91 Å². The van der Waals surface area contributed by atoms with E-state index in [1.807, 2.05) is 7.05 Å². The monoisotopic (exact) mass is 331 g/mol. The van der Waals surface area contributed by atoms with Crippen LogP contribution in [0, 0.1) is 6.92 Å². The third kappa shape index (κ3) is 3.69. The number of quaternary nitrogens is 1. The van der Waals surface area contributed by atoms with Gasteiger partial charge in [-0.25, -0.2) is 4.79 Å². The zero-order valence-electron chi connectivity index (χ0n) is 13.0. The molecule has 7 heteroatoms. The maximum Gasteiger partial charge on any atom is 0.323 e. The summed E-state index contributed by atoms with van der Waals surface area (Å²) in [7, 11) is 2.01. The maximum atomic E-state index is 12.2. The first-order valence-corrected chi connectivity index (χ1v) is 8.25. The van der Waals surface area contributed by atoms with Crippen LogP contribution in [0.3, 0.4) is 0 Å². The topological polar surface area (TPSA) is 82.2 Å². The number of aromatic nitrogens is 2. The van der Waals surface area contributed by atoms with Crippen molar-refractivity contribution in [3.8, 4) is 0 Å². The lowest BCUT2D eigenvalue weighted by Crippen LogP contribution is -3.08. The van der Waals surface area contributed by atoms with Crippen molar-refractivity contribution in [3.63, 3.8) is 0 Å². The molecule has 0 aliphatic carbocycles. The van der Waals surface area contributed by atoms with E-state index < -0.39 is 0 Å². The van der Waals surface area contributed by atoms with Crippen LogP contribution in [0.25, 0.3) is 11.0 Å². The van der Waals surface area contributed by atoms with Crippen molar-refractivity contribution in [2.75, 3.05) is 18.9 Å². The van der Waals surface area contributed by atoms with Crippen LogP contribution in [-0.2, 0) is 11.3 Å². The smallest absolute Gasteiger partial charge is 0.323 e. The fourth-order valence-corrected chi connectivity index (χ4v) is 3.53. The summed E-state index contributed by atoms with van der Waals surface area (Å²) >= 11 is 1.72. The number of amides is 1. The summed E-state index contributed by atoms with van der Waals surface area (Å²) in [6.07, 6.45) is 0. The minimum atomic E-state index is -0.251. The molecule has 120 valence electrons. The van der Waals surface area contributed by atoms with E-state index in [1.54, 1.807) is 29.5 Å². The van der Waals surface area contributed by atoms with Crippen LogP contribution in [0.2, 0.25) is 0 Å². The minimum absolute atomic E-state index is 0.0473. The van der Waals surface area contributed by atoms with Gasteiger partial charge in [-0.2, -0.15) is 0 Å². The Morgan fingerprint density at radius 2 is 2.04 bits per heavy atom. The van der Waals surface area contributed by atoms with Crippen LogP contribution in [0.1, 0.15) is 10.4 Å². The predicted molar refractivity (Wildman–Crippen MR) is 92.1 cm³/mol. The number of hydrogen-bond donors (Lipinski definition) is 4. The first-order valence-electron chi connectivity index (χ1n) is 7.37. The van der Waals surface area contributed by atoms with Crippen molar-refractivity contribution >= 4 is 34.0 Å². The lowest BCUT2D eigenvalue weighted by molar-refractivity contribution is -0.884. The number of aryl methyl sites for hydroxylation is 1. The van der Waals surface area contributed by atoms with Crippen molar-refractivity contribution in [3.05, 3.63) is 50.6 Å². The first kappa shape index (κ1) is 15.5. The zero-order chi connectivity index (χ0) is 16.4. The van der Waals surface area contributed by atoms with Gasteiger partial charge in [0.05, 0.1) is 23.0 Å². The summed E-state index contributed by atoms with van der Waals surface area (Å²) in [5.41, 5.74) is 3.11. The standard InChI is InChI=1S/C16H18N4O2S/c1-10-5-6-23-14(10)8-20(2)9-15(21)17-11-3-4-12-13(7-11)19-16(22)18-12/h3-7H,8-9H2,1-2H3,(H,17,21)(H2,18,19,22)/p+1. The number of nitrogens with one attached hydrogen (secondary N) is 4. The quantitative estimate of drug-likeness (QED) is 0.560. The number of hydrogen-bond acceptors (Lipinski definition) is 3. The Balaban J connectivity index is 1.61. The summed E-state index contributed by atoms with van der Waals surface area (Å²) in [5, 5.41) is 4.95. The molecule has 1 atom stereocenters. The summed E-state index contributed by atoms with van der Waals surface area (Å²) in [6, 6.07) is 7.40. The minimum Gasteiger partial charge on any atom is -0.325 e. The predicted octanol–water partition coefficient (Wildman–Crippen LogP) is 0.880. The first-order chi connectivity index (χ1) is 11.0. The fourth-order valence-electron chi connectivity index (χ4n) is 2.51. The molecular formula is C16H19N4O2S+. The van der Waals surface area contributed by atoms with Crippen LogP contribution in [0.15, 0.2) is 34.4 Å². The Kier molecular flexibility index (Phi) is 4.31. The highest BCUT2D eigenvalue weighted by Crippen LogP contribution is 2.15. The van der Waals surface area contributed by atoms with E-state index in [4.69, 9.17) is 0 Å². The number of thiophene rings is 1. The van der Waals surface area contributed by atoms with Crippen LogP contribution in [0.4, 0.5) is 5.69 Å². The molecule has 0 bridgehead atoms. The molecule has 0 aliphatic heterocycles. The van der Waals surface area contributed by atoms with Gasteiger partial charge in [0.15, 0.2) is 6.54 Å². The number of benzene rings is 1. The van der Waals surface area contributed by atoms with Crippen LogP contribution >= 0.6 is 11.3 Å². The highest BCUT2D eigenvalue weighted by molar-refractivity contribution is 7.10. The molecular weight excluding hydrogens is 312 g/mol. The SMILES string of the molecule is Cc1ccsc1C[NH+](C)CC(=O)Nc1ccc2[nH]c(=O)[nH]c2c1. The molecule has 0 fully saturated rings. The number of likely N-dealkylation sites (N-methyl/N-ethyl adjacent to an activating group) is 1. The molecule has 2 aromatic heterocycles. The van der Waals surface area contributed by atoms with Crippen molar-refractivity contribution in [2.45, 2.75) is 13.5 Å². The van der Waals surface area contributed by atoms with Gasteiger partial charge in [-0.05, 0) is 42.1 Å². The molecule has 1 amide bonds. The molecule has 1 unspecified atom stereocenters. The largest absolute Gasteiger partial charge is 0.325 e. The molecule has 0 saturated heterocycles. The third-order valence-electron chi connectivity index (χ3n) is 3.69. The van der Waals surface area contributed by atoms with Gasteiger partial charge in [-0.1, -0.05) is 0 Å². The van der Waals surface area contributed by atoms with Gasteiger partial charge in [0.2, 0.25) is 0 Å². The van der Waals surface area contributed by atoms with E-state index in [0.717, 1.165) is 17.0 Å². The molecule has 0 aliphatic rings. The average molecular weight is 331 g/mol. The molecule has 0 saturated carbocycles. The number of H-pyrrole nitrogens is 2. The van der Waals surface area contributed by atoms with Gasteiger partial charge in [0.1, 0.15) is 6.54 Å². The maximum absolute atomic E-state index is 12.2. The fraction of sp³-hybridized carbons (Fsp3) is 0.250. The van der Waals surface area contributed by atoms with Gasteiger partial charge in [0, 0.05) is 5.69 Å². The lowest BCUT2D eigenvalue weighted by Gasteiger charge is -2.13. The number of imidazole rings is 1. The van der Waals surface area contributed by atoms with E-state index >= 15 is 0 Å². The van der Waals surface area contributed by atoms with Crippen LogP contribution in [-0.4, -0.2) is 29.5 Å². The van der Waals surface area contributed by atoms with E-state index in [9.17, 15) is 9.59 Å². The molecule has 23 heavy (non-hydrogen) atoms. The van der Waals surface area contributed by atoms with Gasteiger partial charge in [-0.3, -0.25) is 4.79 Å². The normalized spacial score (nSPS) is 12.4. The van der Waals surface area contributed by atoms with Gasteiger partial charge < -0.3 is 20.2 Å². The number of anilines is 1. The molecule has 3 aromatic rings. The number of carbonyl (C=O) groups excluding carboxylic acids is 1. The Hall–Kier alpha value is -2.38. The molecule has 0 spiro atoms. The summed E-state index contributed by atoms with van der Waals surface area (Å²) < 4.78 is 0. The second-order valence-electron chi connectivity index (χ2n) is 5.73. The molecule has 2 heterocycles. The van der Waals surface area contributed by atoms with Crippen molar-refractivity contribution in [1.82, 2.24) is 9.97 Å². The Bertz CT molecular complexity index is 893. The average Bonchev–Trinajstić information content (AvgIpc) is 3.03. The molecule has 4 N–H and O–H groups in total. The van der Waals surface area contributed by atoms with Gasteiger partial charge in [-0.15, -0.1) is 11.3 Å². The Labute approximate surface area is 137 Å². The molecule has 3 rings (SSSR count). The number of fused-ring (bicyclic) bond motifs is 1. The lowest BCUT2D eigenvalue weighted by atomic mass is 10.2. The van der Waals surface area contributed by atoms with Gasteiger partial charge >= 0.3 is 5.69 Å². The summed E-state index contributed by atoms with van der Waals surface area (Å²) in [4.78, 5) is 31.2. The summed E-state index contributed by atoms with van der Waals surface area (Å²) in [5.74, 6) is -0.0473. The second kappa shape index (κ2) is 6.39. The van der Waals surface area contributed by atoms with Crippen molar-refractivity contribution in [1.29, 1.82) is 0 Å². The number of rotatable bonds is 5. The van der Waals surface area contributed by atoms with Crippen LogP contribution in [0.5, 0.6) is 0 Å². The Morgan fingerprint density at radius 3 is 2.78 bits per heavy atom. The van der Waals surface area contributed by atoms with Crippen molar-refractivity contribution < 1.29 is 9.69 Å². The highest BCUT2D eigenvalue weighted by atomic mass is 32.1. The molecule has 6 nitrogen and oxygen atoms in total. The zero-order valence-corrected chi connectivity index (χ0v) is 13.8. The molecule has 1 aromatic carbocycles. The van der Waals surface area contributed by atoms with E-state index in [0.29, 0.717) is 17.7 Å². The van der Waals surface area contributed by atoms with E-state index in [-0.39, 0.29) is 11.6 Å². The molecule has 0 radical (unpaired) electrons. The number of carbonyl (C=O) groups is 1. The van der Waals surface area contributed by atoms with Crippen molar-refractivity contribution in [2.24, 2.45) is 0 Å². The summed E-state index contributed by atoms with van der Waals surface area (Å²) in [6.45, 7) is 3.31. The second-order valence-corrected chi connectivity index (χ2v) is 6.73. The van der Waals surface area contributed by atoms with Crippen LogP contribution < -0.4 is 15.9 Å². The van der Waals surface area contributed by atoms with E-state index in [1.165, 1.54) is 10.4 Å². The third-order valence-corrected chi connectivity index (χ3v) is 4.72. The Morgan fingerprint density at radius 1 is 1.26 bits per heavy atom. The number of aromatic amines is 2.